The number of hydrogen-bond acceptors (Lipinski definition) is 5. The Hall–Kier alpha value is -1.62. The summed E-state index contributed by atoms with van der Waals surface area (Å²) in [4.78, 5) is 23.8. The van der Waals surface area contributed by atoms with Crippen molar-refractivity contribution in [2.45, 2.75) is 180 Å². The number of hydrogen-bond donors (Lipinski definition) is 1. The van der Waals surface area contributed by atoms with Gasteiger partial charge in [-0.2, -0.15) is 0 Å². The summed E-state index contributed by atoms with van der Waals surface area (Å²) in [7, 11) is 0. The molecule has 41 heavy (non-hydrogen) atoms. The Morgan fingerprint density at radius 3 is 1.46 bits per heavy atom. The van der Waals surface area contributed by atoms with E-state index in [-0.39, 0.29) is 25.2 Å². The summed E-state index contributed by atoms with van der Waals surface area (Å²) < 4.78 is 10.4. The molecule has 0 bridgehead atoms. The first-order valence-electron chi connectivity index (χ1n) is 17.4. The standard InChI is InChI=1S/C36H66O5/c1-3-5-7-9-10-11-12-13-14-15-16-17-18-19-20-21-22-23-24-25-26-27-29-31-36(39)41-34(32-37)33-40-35(38)30-28-8-6-4-2/h12-13,15-16,34,37H,3-11,14,17-33H2,1-2H3/b13-12-,16-15-. The van der Waals surface area contributed by atoms with Crippen molar-refractivity contribution in [2.75, 3.05) is 13.2 Å². The number of esters is 2. The third-order valence-electron chi connectivity index (χ3n) is 7.50. The van der Waals surface area contributed by atoms with E-state index in [1.807, 2.05) is 0 Å². The molecule has 0 fully saturated rings. The molecule has 240 valence electrons. The van der Waals surface area contributed by atoms with Gasteiger partial charge in [-0.3, -0.25) is 9.59 Å². The van der Waals surface area contributed by atoms with Gasteiger partial charge in [0.15, 0.2) is 6.10 Å². The van der Waals surface area contributed by atoms with Gasteiger partial charge in [0.1, 0.15) is 6.61 Å². The highest BCUT2D eigenvalue weighted by Crippen LogP contribution is 2.13. The second-order valence-corrected chi connectivity index (χ2v) is 11.6. The first kappa shape index (κ1) is 39.4. The zero-order valence-electron chi connectivity index (χ0n) is 27.1. The third-order valence-corrected chi connectivity index (χ3v) is 7.50. The van der Waals surface area contributed by atoms with Crippen molar-refractivity contribution >= 4 is 11.9 Å². The molecule has 0 rings (SSSR count). The number of carbonyl (C=O) groups is 2. The summed E-state index contributed by atoms with van der Waals surface area (Å²) >= 11 is 0. The summed E-state index contributed by atoms with van der Waals surface area (Å²) in [5.74, 6) is -0.611. The molecule has 1 atom stereocenters. The quantitative estimate of drug-likeness (QED) is 0.0503. The highest BCUT2D eigenvalue weighted by molar-refractivity contribution is 5.70. The van der Waals surface area contributed by atoms with Gasteiger partial charge in [-0.05, 0) is 44.9 Å². The Morgan fingerprint density at radius 2 is 0.976 bits per heavy atom. The van der Waals surface area contributed by atoms with Crippen LogP contribution in [0.2, 0.25) is 0 Å². The predicted molar refractivity (Wildman–Crippen MR) is 173 cm³/mol. The van der Waals surface area contributed by atoms with Gasteiger partial charge in [0.05, 0.1) is 6.61 Å². The number of ether oxygens (including phenoxy) is 2. The fraction of sp³-hybridized carbons (Fsp3) is 0.833. The van der Waals surface area contributed by atoms with Crippen LogP contribution in [0.5, 0.6) is 0 Å². The Balaban J connectivity index is 3.45. The smallest absolute Gasteiger partial charge is 0.306 e. The zero-order chi connectivity index (χ0) is 30.1. The molecule has 0 aliphatic heterocycles. The van der Waals surface area contributed by atoms with Crippen LogP contribution in [0.15, 0.2) is 24.3 Å². The fourth-order valence-corrected chi connectivity index (χ4v) is 4.82. The van der Waals surface area contributed by atoms with Crippen LogP contribution in [0.4, 0.5) is 0 Å². The zero-order valence-corrected chi connectivity index (χ0v) is 27.1. The highest BCUT2D eigenvalue weighted by Gasteiger charge is 2.16. The minimum absolute atomic E-state index is 0.0664. The van der Waals surface area contributed by atoms with Crippen LogP contribution >= 0.6 is 0 Å². The molecule has 5 heteroatoms. The number of aliphatic hydroxyl groups excluding tert-OH is 1. The Morgan fingerprint density at radius 1 is 0.561 bits per heavy atom. The average Bonchev–Trinajstić information content (AvgIpc) is 2.97. The van der Waals surface area contributed by atoms with Gasteiger partial charge in [-0.15, -0.1) is 0 Å². The van der Waals surface area contributed by atoms with E-state index >= 15 is 0 Å². The van der Waals surface area contributed by atoms with E-state index < -0.39 is 6.10 Å². The van der Waals surface area contributed by atoms with Crippen LogP contribution in [-0.4, -0.2) is 36.4 Å². The van der Waals surface area contributed by atoms with Crippen molar-refractivity contribution in [1.82, 2.24) is 0 Å². The van der Waals surface area contributed by atoms with Gasteiger partial charge in [0.2, 0.25) is 0 Å². The molecule has 0 heterocycles. The van der Waals surface area contributed by atoms with Gasteiger partial charge in [0, 0.05) is 12.8 Å². The van der Waals surface area contributed by atoms with E-state index in [4.69, 9.17) is 9.47 Å². The van der Waals surface area contributed by atoms with E-state index in [0.29, 0.717) is 12.8 Å². The molecule has 0 aliphatic carbocycles. The minimum Gasteiger partial charge on any atom is -0.462 e. The Kier molecular flexibility index (Phi) is 31.6. The van der Waals surface area contributed by atoms with Gasteiger partial charge in [0.25, 0.3) is 0 Å². The monoisotopic (exact) mass is 578 g/mol. The van der Waals surface area contributed by atoms with Gasteiger partial charge in [-0.1, -0.05) is 141 Å². The van der Waals surface area contributed by atoms with Crippen LogP contribution in [0.25, 0.3) is 0 Å². The van der Waals surface area contributed by atoms with Crippen molar-refractivity contribution < 1.29 is 24.2 Å². The molecule has 1 unspecified atom stereocenters. The van der Waals surface area contributed by atoms with Crippen LogP contribution in [0.3, 0.4) is 0 Å². The van der Waals surface area contributed by atoms with E-state index in [2.05, 4.69) is 38.2 Å². The number of aliphatic hydroxyl groups is 1. The van der Waals surface area contributed by atoms with Crippen LogP contribution < -0.4 is 0 Å². The van der Waals surface area contributed by atoms with E-state index in [1.165, 1.54) is 96.3 Å². The van der Waals surface area contributed by atoms with Gasteiger partial charge >= 0.3 is 11.9 Å². The normalized spacial score (nSPS) is 12.4. The molecular formula is C36H66O5. The summed E-state index contributed by atoms with van der Waals surface area (Å²) in [6.45, 7) is 3.99. The van der Waals surface area contributed by atoms with Gasteiger partial charge < -0.3 is 14.6 Å². The molecule has 0 amide bonds. The maximum Gasteiger partial charge on any atom is 0.306 e. The Bertz CT molecular complexity index is 627. The summed E-state index contributed by atoms with van der Waals surface area (Å²) in [6, 6.07) is 0. The first-order chi connectivity index (χ1) is 20.1. The summed E-state index contributed by atoms with van der Waals surface area (Å²) in [5.41, 5.74) is 0. The van der Waals surface area contributed by atoms with Crippen LogP contribution in [-0.2, 0) is 19.1 Å². The van der Waals surface area contributed by atoms with Crippen molar-refractivity contribution in [2.24, 2.45) is 0 Å². The molecule has 1 N–H and O–H groups in total. The molecule has 0 saturated carbocycles. The lowest BCUT2D eigenvalue weighted by Crippen LogP contribution is -2.28. The second kappa shape index (κ2) is 32.9. The topological polar surface area (TPSA) is 72.8 Å². The molecule has 0 aliphatic rings. The number of carbonyl (C=O) groups excluding carboxylic acids is 2. The molecule has 0 aromatic rings. The number of rotatable bonds is 31. The van der Waals surface area contributed by atoms with Crippen LogP contribution in [0, 0.1) is 0 Å². The minimum atomic E-state index is -0.763. The van der Waals surface area contributed by atoms with E-state index in [0.717, 1.165) is 51.4 Å². The molecule has 5 nitrogen and oxygen atoms in total. The number of unbranched alkanes of at least 4 members (excludes halogenated alkanes) is 19. The second-order valence-electron chi connectivity index (χ2n) is 11.6. The Labute approximate surface area is 253 Å². The summed E-state index contributed by atoms with van der Waals surface area (Å²) in [6.07, 6.45) is 37.2. The van der Waals surface area contributed by atoms with E-state index in [1.54, 1.807) is 0 Å². The first-order valence-corrected chi connectivity index (χ1v) is 17.4. The summed E-state index contributed by atoms with van der Waals surface area (Å²) in [5, 5.41) is 9.42. The molecule has 0 spiro atoms. The maximum absolute atomic E-state index is 12.0. The fourth-order valence-electron chi connectivity index (χ4n) is 4.82. The molecular weight excluding hydrogens is 512 g/mol. The van der Waals surface area contributed by atoms with E-state index in [9.17, 15) is 14.7 Å². The van der Waals surface area contributed by atoms with Crippen molar-refractivity contribution in [3.63, 3.8) is 0 Å². The highest BCUT2D eigenvalue weighted by atomic mass is 16.6. The third kappa shape index (κ3) is 31.2. The molecule has 0 saturated heterocycles. The lowest BCUT2D eigenvalue weighted by atomic mass is 10.0. The molecule has 0 aromatic carbocycles. The lowest BCUT2D eigenvalue weighted by Gasteiger charge is -2.15. The number of allylic oxidation sites excluding steroid dienone is 4. The molecule has 0 radical (unpaired) electrons. The average molecular weight is 579 g/mol. The SMILES string of the molecule is CCCCCCC/C=C\C/C=C\CCCCCCCCCCCCCC(=O)OC(CO)COC(=O)CCCCCC. The van der Waals surface area contributed by atoms with Gasteiger partial charge in [-0.25, -0.2) is 0 Å². The largest absolute Gasteiger partial charge is 0.462 e. The molecule has 0 aromatic heterocycles. The van der Waals surface area contributed by atoms with Crippen molar-refractivity contribution in [3.8, 4) is 0 Å². The van der Waals surface area contributed by atoms with Crippen molar-refractivity contribution in [1.29, 1.82) is 0 Å². The van der Waals surface area contributed by atoms with Crippen LogP contribution in [0.1, 0.15) is 174 Å². The van der Waals surface area contributed by atoms with Crippen molar-refractivity contribution in [3.05, 3.63) is 24.3 Å². The lowest BCUT2D eigenvalue weighted by molar-refractivity contribution is -0.161. The predicted octanol–water partition coefficient (Wildman–Crippen LogP) is 10.3. The maximum atomic E-state index is 12.0.